The molecule has 0 saturated heterocycles. The smallest absolute Gasteiger partial charge is 0.303 e. The molecule has 0 spiro atoms. The molecule has 0 amide bonds. The van der Waals surface area contributed by atoms with Gasteiger partial charge in [0, 0.05) is 26.6 Å². The van der Waals surface area contributed by atoms with Crippen LogP contribution in [0, 0.1) is 0 Å². The first-order chi connectivity index (χ1) is 11.9. The predicted octanol–water partition coefficient (Wildman–Crippen LogP) is 4.37. The van der Waals surface area contributed by atoms with E-state index in [9.17, 15) is 9.18 Å². The molecule has 1 atom stereocenters. The number of hydrogen-bond acceptors (Lipinski definition) is 3. The van der Waals surface area contributed by atoms with Gasteiger partial charge in [0.1, 0.15) is 5.60 Å². The molecule has 0 radical (unpaired) electrons. The van der Waals surface area contributed by atoms with Gasteiger partial charge in [-0.1, -0.05) is 60.7 Å². The van der Waals surface area contributed by atoms with Crippen molar-refractivity contribution in [3.63, 3.8) is 0 Å². The third kappa shape index (κ3) is 6.31. The highest BCUT2D eigenvalue weighted by atomic mass is 19.1. The molecule has 0 fully saturated rings. The standard InChI is InChI=1S/C21H26FNO2/c1-17(24)25-21(2,3)20(22)16-23(14-18-10-6-4-7-11-18)15-19-12-8-5-9-13-19/h4-13,20H,14-16H2,1-3H3. The normalized spacial score (nSPS) is 12.8. The van der Waals surface area contributed by atoms with E-state index in [0.29, 0.717) is 13.1 Å². The summed E-state index contributed by atoms with van der Waals surface area (Å²) >= 11 is 0. The van der Waals surface area contributed by atoms with Crippen LogP contribution < -0.4 is 0 Å². The largest absolute Gasteiger partial charge is 0.457 e. The van der Waals surface area contributed by atoms with Crippen LogP contribution in [0.15, 0.2) is 60.7 Å². The first-order valence-corrected chi connectivity index (χ1v) is 8.50. The quantitative estimate of drug-likeness (QED) is 0.667. The van der Waals surface area contributed by atoms with Crippen molar-refractivity contribution in [3.8, 4) is 0 Å². The van der Waals surface area contributed by atoms with Gasteiger partial charge in [-0.05, 0) is 25.0 Å². The van der Waals surface area contributed by atoms with E-state index in [1.54, 1.807) is 13.8 Å². The number of alkyl halides is 1. The summed E-state index contributed by atoms with van der Waals surface area (Å²) in [6.07, 6.45) is -1.29. The molecule has 0 aliphatic rings. The summed E-state index contributed by atoms with van der Waals surface area (Å²) < 4.78 is 20.0. The highest BCUT2D eigenvalue weighted by molar-refractivity contribution is 5.66. The molecule has 1 unspecified atom stereocenters. The minimum Gasteiger partial charge on any atom is -0.457 e. The van der Waals surface area contributed by atoms with Gasteiger partial charge >= 0.3 is 5.97 Å². The van der Waals surface area contributed by atoms with Crippen LogP contribution in [0.1, 0.15) is 31.9 Å². The Balaban J connectivity index is 2.11. The number of halogens is 1. The molecule has 0 bridgehead atoms. The Kier molecular flexibility index (Phi) is 6.71. The predicted molar refractivity (Wildman–Crippen MR) is 97.7 cm³/mol. The molecule has 2 rings (SSSR count). The second kappa shape index (κ2) is 8.77. The first-order valence-electron chi connectivity index (χ1n) is 8.50. The lowest BCUT2D eigenvalue weighted by Crippen LogP contribution is -2.44. The van der Waals surface area contributed by atoms with Crippen LogP contribution in [0.2, 0.25) is 0 Å². The van der Waals surface area contributed by atoms with Crippen molar-refractivity contribution in [1.82, 2.24) is 4.90 Å². The van der Waals surface area contributed by atoms with Gasteiger partial charge in [0.25, 0.3) is 0 Å². The molecule has 134 valence electrons. The number of carbonyl (C=O) groups excluding carboxylic acids is 1. The summed E-state index contributed by atoms with van der Waals surface area (Å²) in [5.41, 5.74) is 1.09. The molecule has 0 N–H and O–H groups in total. The second-order valence-electron chi connectivity index (χ2n) is 6.81. The Morgan fingerprint density at radius 1 is 1.00 bits per heavy atom. The van der Waals surface area contributed by atoms with E-state index in [1.807, 2.05) is 65.6 Å². The van der Waals surface area contributed by atoms with Crippen LogP contribution in [0.25, 0.3) is 0 Å². The van der Waals surface area contributed by atoms with Gasteiger partial charge in [-0.15, -0.1) is 0 Å². The summed E-state index contributed by atoms with van der Waals surface area (Å²) in [5.74, 6) is -0.467. The van der Waals surface area contributed by atoms with Crippen LogP contribution in [0.3, 0.4) is 0 Å². The zero-order chi connectivity index (χ0) is 18.3. The Morgan fingerprint density at radius 3 is 1.84 bits per heavy atom. The molecule has 0 saturated carbocycles. The van der Waals surface area contributed by atoms with Crippen LogP contribution in [0.5, 0.6) is 0 Å². The number of ether oxygens (including phenoxy) is 1. The maximum Gasteiger partial charge on any atom is 0.303 e. The van der Waals surface area contributed by atoms with Crippen molar-refractivity contribution < 1.29 is 13.9 Å². The third-order valence-electron chi connectivity index (χ3n) is 4.08. The van der Waals surface area contributed by atoms with Crippen molar-refractivity contribution in [1.29, 1.82) is 0 Å². The number of nitrogens with zero attached hydrogens (tertiary/aromatic N) is 1. The zero-order valence-electron chi connectivity index (χ0n) is 15.1. The number of carbonyl (C=O) groups is 1. The van der Waals surface area contributed by atoms with Gasteiger partial charge in [-0.3, -0.25) is 9.69 Å². The summed E-state index contributed by atoms with van der Waals surface area (Å²) in [6, 6.07) is 20.0. The van der Waals surface area contributed by atoms with Crippen molar-refractivity contribution in [3.05, 3.63) is 71.8 Å². The Morgan fingerprint density at radius 2 is 1.44 bits per heavy atom. The summed E-state index contributed by atoms with van der Waals surface area (Å²) in [4.78, 5) is 13.3. The van der Waals surface area contributed by atoms with Crippen molar-refractivity contribution in [2.75, 3.05) is 6.54 Å². The molecule has 2 aromatic carbocycles. The zero-order valence-corrected chi connectivity index (χ0v) is 15.1. The first kappa shape index (κ1) is 19.1. The fraction of sp³-hybridized carbons (Fsp3) is 0.381. The minimum absolute atomic E-state index is 0.185. The molecule has 0 aliphatic heterocycles. The second-order valence-corrected chi connectivity index (χ2v) is 6.81. The van der Waals surface area contributed by atoms with Crippen molar-refractivity contribution >= 4 is 5.97 Å². The molecule has 0 heterocycles. The molecular weight excluding hydrogens is 317 g/mol. The summed E-state index contributed by atoms with van der Waals surface area (Å²) in [6.45, 7) is 5.98. The lowest BCUT2D eigenvalue weighted by Gasteiger charge is -2.32. The van der Waals surface area contributed by atoms with E-state index < -0.39 is 17.7 Å². The van der Waals surface area contributed by atoms with E-state index in [0.717, 1.165) is 11.1 Å². The van der Waals surface area contributed by atoms with Crippen molar-refractivity contribution in [2.45, 2.75) is 45.6 Å². The number of esters is 1. The maximum absolute atomic E-state index is 14.9. The fourth-order valence-electron chi connectivity index (χ4n) is 2.75. The molecule has 25 heavy (non-hydrogen) atoms. The number of hydrogen-bond donors (Lipinski definition) is 0. The average molecular weight is 343 g/mol. The fourth-order valence-corrected chi connectivity index (χ4v) is 2.75. The van der Waals surface area contributed by atoms with Gasteiger partial charge in [0.05, 0.1) is 0 Å². The lowest BCUT2D eigenvalue weighted by atomic mass is 10.0. The topological polar surface area (TPSA) is 29.5 Å². The molecular formula is C21H26FNO2. The summed E-state index contributed by atoms with van der Waals surface area (Å²) in [7, 11) is 0. The van der Waals surface area contributed by atoms with Gasteiger partial charge in [-0.2, -0.15) is 0 Å². The average Bonchev–Trinajstić information content (AvgIpc) is 2.55. The molecule has 0 aliphatic carbocycles. The van der Waals surface area contributed by atoms with E-state index in [1.165, 1.54) is 6.92 Å². The number of benzene rings is 2. The Hall–Kier alpha value is -2.20. The van der Waals surface area contributed by atoms with Crippen molar-refractivity contribution in [2.24, 2.45) is 0 Å². The van der Waals surface area contributed by atoms with E-state index >= 15 is 0 Å². The van der Waals surface area contributed by atoms with Gasteiger partial charge < -0.3 is 4.74 Å². The Labute approximate surface area is 149 Å². The molecule has 4 heteroatoms. The van der Waals surface area contributed by atoms with Crippen LogP contribution in [0.4, 0.5) is 4.39 Å². The maximum atomic E-state index is 14.9. The van der Waals surface area contributed by atoms with E-state index in [2.05, 4.69) is 0 Å². The van der Waals surface area contributed by atoms with Gasteiger partial charge in [0.2, 0.25) is 0 Å². The highest BCUT2D eigenvalue weighted by Gasteiger charge is 2.34. The van der Waals surface area contributed by atoms with E-state index in [4.69, 9.17) is 4.74 Å². The van der Waals surface area contributed by atoms with Crippen LogP contribution in [-0.4, -0.2) is 29.2 Å². The van der Waals surface area contributed by atoms with Crippen LogP contribution in [-0.2, 0) is 22.6 Å². The highest BCUT2D eigenvalue weighted by Crippen LogP contribution is 2.21. The molecule has 0 aromatic heterocycles. The van der Waals surface area contributed by atoms with Crippen LogP contribution >= 0.6 is 0 Å². The summed E-state index contributed by atoms with van der Waals surface area (Å²) in [5, 5.41) is 0. The van der Waals surface area contributed by atoms with Gasteiger partial charge in [0.15, 0.2) is 6.17 Å². The third-order valence-corrected chi connectivity index (χ3v) is 4.08. The number of rotatable bonds is 8. The lowest BCUT2D eigenvalue weighted by molar-refractivity contribution is -0.161. The SMILES string of the molecule is CC(=O)OC(C)(C)C(F)CN(Cc1ccccc1)Cc1ccccc1. The Bertz CT molecular complexity index is 617. The molecule has 3 nitrogen and oxygen atoms in total. The van der Waals surface area contributed by atoms with Gasteiger partial charge in [-0.25, -0.2) is 4.39 Å². The monoisotopic (exact) mass is 343 g/mol. The molecule has 2 aromatic rings. The van der Waals surface area contributed by atoms with E-state index in [-0.39, 0.29) is 6.54 Å². The minimum atomic E-state index is -1.29.